The molecule has 0 bridgehead atoms. The van der Waals surface area contributed by atoms with Crippen LogP contribution in [0.25, 0.3) is 0 Å². The van der Waals surface area contributed by atoms with Crippen LogP contribution >= 0.6 is 0 Å². The highest BCUT2D eigenvalue weighted by molar-refractivity contribution is 5.93. The molecule has 2 heterocycles. The molecule has 0 saturated carbocycles. The van der Waals surface area contributed by atoms with Crippen LogP contribution in [0.3, 0.4) is 0 Å². The number of cyclic esters (lactones) is 1. The number of aliphatic hydroxyl groups is 1. The molecule has 4 heteroatoms. The minimum atomic E-state index is -0.554. The van der Waals surface area contributed by atoms with E-state index in [1.165, 1.54) is 0 Å². The van der Waals surface area contributed by atoms with Gasteiger partial charge < -0.3 is 14.6 Å². The fraction of sp³-hybridized carbons (Fsp3) is 0.800. The predicted octanol–water partition coefficient (Wildman–Crippen LogP) is 2.35. The van der Waals surface area contributed by atoms with E-state index in [1.807, 2.05) is 13.8 Å². The van der Waals surface area contributed by atoms with Crippen LogP contribution < -0.4 is 0 Å². The minimum absolute atomic E-state index is 0.0423. The quantitative estimate of drug-likeness (QED) is 0.569. The summed E-state index contributed by atoms with van der Waals surface area (Å²) < 4.78 is 10.6. The highest BCUT2D eigenvalue weighted by Gasteiger charge is 2.36. The van der Waals surface area contributed by atoms with E-state index in [9.17, 15) is 9.90 Å². The Labute approximate surface area is 114 Å². The molecule has 4 nitrogen and oxygen atoms in total. The van der Waals surface area contributed by atoms with Gasteiger partial charge in [-0.2, -0.15) is 0 Å². The van der Waals surface area contributed by atoms with Crippen molar-refractivity contribution in [1.82, 2.24) is 0 Å². The average molecular weight is 268 g/mol. The zero-order valence-electron chi connectivity index (χ0n) is 11.9. The van der Waals surface area contributed by atoms with E-state index >= 15 is 0 Å². The molecule has 0 fully saturated rings. The van der Waals surface area contributed by atoms with Gasteiger partial charge in [-0.1, -0.05) is 25.7 Å². The average Bonchev–Trinajstić information content (AvgIpc) is 2.87. The molecule has 0 amide bonds. The molecule has 0 spiro atoms. The summed E-state index contributed by atoms with van der Waals surface area (Å²) in [7, 11) is 0. The summed E-state index contributed by atoms with van der Waals surface area (Å²) in [6.45, 7) is 4.68. The molecular formula is C15H24O4. The number of carbonyl (C=O) groups is 1. The van der Waals surface area contributed by atoms with E-state index in [1.54, 1.807) is 0 Å². The Kier molecular flexibility index (Phi) is 4.63. The first-order chi connectivity index (χ1) is 8.97. The molecule has 0 aromatic carbocycles. The highest BCUT2D eigenvalue weighted by Crippen LogP contribution is 2.31. The fourth-order valence-corrected chi connectivity index (χ4v) is 2.68. The predicted molar refractivity (Wildman–Crippen MR) is 71.7 cm³/mol. The zero-order valence-corrected chi connectivity index (χ0v) is 11.9. The van der Waals surface area contributed by atoms with E-state index in [-0.39, 0.29) is 12.1 Å². The maximum Gasteiger partial charge on any atom is 0.337 e. The van der Waals surface area contributed by atoms with Gasteiger partial charge in [0.15, 0.2) is 0 Å². The zero-order chi connectivity index (χ0) is 13.9. The van der Waals surface area contributed by atoms with Crippen molar-refractivity contribution in [3.05, 3.63) is 11.1 Å². The van der Waals surface area contributed by atoms with Gasteiger partial charge in [-0.15, -0.1) is 0 Å². The Morgan fingerprint density at radius 1 is 1.21 bits per heavy atom. The van der Waals surface area contributed by atoms with Crippen LogP contribution in [0.4, 0.5) is 0 Å². The molecule has 19 heavy (non-hydrogen) atoms. The van der Waals surface area contributed by atoms with Crippen molar-refractivity contribution in [2.24, 2.45) is 0 Å². The Hall–Kier alpha value is -0.870. The van der Waals surface area contributed by atoms with E-state index in [0.29, 0.717) is 13.2 Å². The number of carbonyl (C=O) groups excluding carboxylic acids is 1. The van der Waals surface area contributed by atoms with Crippen molar-refractivity contribution in [2.45, 2.75) is 64.1 Å². The standard InChI is InChI=1S/C15H24O4/c1-15(2,17)8-6-4-3-5-7-12-13-11(9-18-12)10-19-14(13)16/h12,17H,3-10H2,1-2H3. The van der Waals surface area contributed by atoms with Gasteiger partial charge >= 0.3 is 5.97 Å². The second-order valence-electron chi connectivity index (χ2n) is 6.16. The maximum absolute atomic E-state index is 11.5. The number of unbranched alkanes of at least 4 members (excludes halogenated alkanes) is 3. The Morgan fingerprint density at radius 2 is 1.95 bits per heavy atom. The van der Waals surface area contributed by atoms with Gasteiger partial charge in [-0.05, 0) is 26.7 Å². The van der Waals surface area contributed by atoms with E-state index in [0.717, 1.165) is 49.7 Å². The van der Waals surface area contributed by atoms with Crippen molar-refractivity contribution in [1.29, 1.82) is 0 Å². The van der Waals surface area contributed by atoms with Gasteiger partial charge in [0, 0.05) is 5.57 Å². The number of esters is 1. The summed E-state index contributed by atoms with van der Waals surface area (Å²) in [6.07, 6.45) is 6.04. The fourth-order valence-electron chi connectivity index (χ4n) is 2.68. The van der Waals surface area contributed by atoms with Gasteiger partial charge in [0.2, 0.25) is 0 Å². The Balaban J connectivity index is 1.61. The summed E-state index contributed by atoms with van der Waals surface area (Å²) in [5, 5.41) is 9.60. The summed E-state index contributed by atoms with van der Waals surface area (Å²) >= 11 is 0. The third-order valence-corrected chi connectivity index (χ3v) is 3.76. The molecular weight excluding hydrogens is 244 g/mol. The lowest BCUT2D eigenvalue weighted by molar-refractivity contribution is -0.137. The lowest BCUT2D eigenvalue weighted by atomic mass is 9.98. The van der Waals surface area contributed by atoms with Crippen LogP contribution in [-0.4, -0.2) is 36.0 Å². The molecule has 0 radical (unpaired) electrons. The van der Waals surface area contributed by atoms with Gasteiger partial charge in [0.1, 0.15) is 6.61 Å². The van der Waals surface area contributed by atoms with Crippen LogP contribution in [0.2, 0.25) is 0 Å². The monoisotopic (exact) mass is 268 g/mol. The normalized spacial score (nSPS) is 22.9. The molecule has 2 rings (SSSR count). The van der Waals surface area contributed by atoms with Crippen molar-refractivity contribution >= 4 is 5.97 Å². The van der Waals surface area contributed by atoms with E-state index < -0.39 is 5.60 Å². The van der Waals surface area contributed by atoms with Crippen LogP contribution in [0.15, 0.2) is 11.1 Å². The van der Waals surface area contributed by atoms with Gasteiger partial charge in [0.25, 0.3) is 0 Å². The van der Waals surface area contributed by atoms with E-state index in [4.69, 9.17) is 9.47 Å². The lowest BCUT2D eigenvalue weighted by Gasteiger charge is -2.16. The summed E-state index contributed by atoms with van der Waals surface area (Å²) in [4.78, 5) is 11.5. The summed E-state index contributed by atoms with van der Waals surface area (Å²) in [5.74, 6) is -0.181. The van der Waals surface area contributed by atoms with Crippen LogP contribution in [0.1, 0.15) is 52.4 Å². The minimum Gasteiger partial charge on any atom is -0.458 e. The number of hydrogen-bond acceptors (Lipinski definition) is 4. The van der Waals surface area contributed by atoms with Crippen molar-refractivity contribution in [3.63, 3.8) is 0 Å². The maximum atomic E-state index is 11.5. The van der Waals surface area contributed by atoms with Crippen molar-refractivity contribution in [3.8, 4) is 0 Å². The molecule has 0 saturated heterocycles. The first kappa shape index (κ1) is 14.5. The molecule has 1 atom stereocenters. The van der Waals surface area contributed by atoms with Gasteiger partial charge in [-0.25, -0.2) is 4.79 Å². The Morgan fingerprint density at radius 3 is 2.68 bits per heavy atom. The van der Waals surface area contributed by atoms with Crippen LogP contribution in [0.5, 0.6) is 0 Å². The SMILES string of the molecule is CC(C)(O)CCCCCCC1OCC2=C1C(=O)OC2. The highest BCUT2D eigenvalue weighted by atomic mass is 16.6. The number of ether oxygens (including phenoxy) is 2. The summed E-state index contributed by atoms with van der Waals surface area (Å²) in [6, 6.07) is 0. The lowest BCUT2D eigenvalue weighted by Crippen LogP contribution is -2.18. The second-order valence-corrected chi connectivity index (χ2v) is 6.16. The van der Waals surface area contributed by atoms with Crippen LogP contribution in [-0.2, 0) is 14.3 Å². The first-order valence-corrected chi connectivity index (χ1v) is 7.20. The van der Waals surface area contributed by atoms with Crippen molar-refractivity contribution in [2.75, 3.05) is 13.2 Å². The largest absolute Gasteiger partial charge is 0.458 e. The molecule has 0 aromatic rings. The third-order valence-electron chi connectivity index (χ3n) is 3.76. The van der Waals surface area contributed by atoms with Crippen LogP contribution in [0, 0.1) is 0 Å². The number of hydrogen-bond donors (Lipinski definition) is 1. The first-order valence-electron chi connectivity index (χ1n) is 7.20. The third kappa shape index (κ3) is 4.05. The molecule has 1 N–H and O–H groups in total. The Bertz CT molecular complexity index is 365. The molecule has 2 aliphatic heterocycles. The molecule has 108 valence electrons. The molecule has 0 aromatic heterocycles. The molecule has 2 aliphatic rings. The molecule has 0 aliphatic carbocycles. The van der Waals surface area contributed by atoms with E-state index in [2.05, 4.69) is 0 Å². The topological polar surface area (TPSA) is 55.8 Å². The second kappa shape index (κ2) is 6.06. The van der Waals surface area contributed by atoms with Gasteiger partial charge in [-0.3, -0.25) is 0 Å². The van der Waals surface area contributed by atoms with Gasteiger partial charge in [0.05, 0.1) is 23.9 Å². The number of rotatable bonds is 7. The summed E-state index contributed by atoms with van der Waals surface area (Å²) in [5.41, 5.74) is 1.27. The smallest absolute Gasteiger partial charge is 0.337 e. The van der Waals surface area contributed by atoms with Crippen molar-refractivity contribution < 1.29 is 19.4 Å². The molecule has 1 unspecified atom stereocenters.